The molecule has 4 aromatic rings. The zero-order valence-electron chi connectivity index (χ0n) is 14.1. The molecule has 0 atom stereocenters. The molecule has 27 heavy (non-hydrogen) atoms. The molecule has 1 amide bonds. The lowest BCUT2D eigenvalue weighted by Crippen LogP contribution is -2.20. The normalized spacial score (nSPS) is 11.0. The molecule has 0 spiro atoms. The van der Waals surface area contributed by atoms with Crippen LogP contribution >= 0.6 is 22.7 Å². The predicted molar refractivity (Wildman–Crippen MR) is 107 cm³/mol. The lowest BCUT2D eigenvalue weighted by atomic mass is 10.2. The number of hydrogen-bond donors (Lipinski definition) is 1. The van der Waals surface area contributed by atoms with Crippen molar-refractivity contribution in [1.29, 1.82) is 0 Å². The fourth-order valence-corrected chi connectivity index (χ4v) is 4.55. The fourth-order valence-electron chi connectivity index (χ4n) is 2.71. The van der Waals surface area contributed by atoms with Crippen molar-refractivity contribution in [2.24, 2.45) is 0 Å². The van der Waals surface area contributed by atoms with Gasteiger partial charge in [-0.25, -0.2) is 4.98 Å². The van der Waals surface area contributed by atoms with Crippen LogP contribution in [-0.4, -0.2) is 22.4 Å². The van der Waals surface area contributed by atoms with Crippen LogP contribution in [0.1, 0.15) is 5.01 Å². The van der Waals surface area contributed by atoms with E-state index >= 15 is 0 Å². The number of aromatic nitrogens is 1. The van der Waals surface area contributed by atoms with Gasteiger partial charge >= 0.3 is 0 Å². The second-order valence-electron chi connectivity index (χ2n) is 5.76. The Morgan fingerprint density at radius 2 is 2.07 bits per heavy atom. The average Bonchev–Trinajstić information content (AvgIpc) is 3.25. The monoisotopic (exact) mass is 399 g/mol. The highest BCUT2D eigenvalue weighted by Crippen LogP contribution is 2.38. The van der Waals surface area contributed by atoms with Crippen molar-refractivity contribution in [3.8, 4) is 5.75 Å². The molecule has 1 N–H and O–H groups in total. The van der Waals surface area contributed by atoms with E-state index in [4.69, 9.17) is 4.74 Å². The van der Waals surface area contributed by atoms with Gasteiger partial charge in [-0.05, 0) is 30.5 Å². The van der Waals surface area contributed by atoms with Crippen LogP contribution in [0.15, 0.2) is 41.8 Å². The van der Waals surface area contributed by atoms with Gasteiger partial charge in [0.05, 0.1) is 24.8 Å². The number of thiophene rings is 1. The maximum absolute atomic E-state index is 12.2. The third-order valence-electron chi connectivity index (χ3n) is 3.89. The van der Waals surface area contributed by atoms with Crippen LogP contribution < -0.4 is 10.1 Å². The van der Waals surface area contributed by atoms with E-state index in [2.05, 4.69) is 10.3 Å². The third-order valence-corrected chi connectivity index (χ3v) is 5.73. The van der Waals surface area contributed by atoms with Crippen molar-refractivity contribution in [3.05, 3.63) is 56.9 Å². The molecule has 0 aliphatic heterocycles. The summed E-state index contributed by atoms with van der Waals surface area (Å²) in [5.74, 6) is 0.300. The summed E-state index contributed by atoms with van der Waals surface area (Å²) in [5.41, 5.74) is 1.41. The van der Waals surface area contributed by atoms with Crippen molar-refractivity contribution < 1.29 is 14.5 Å². The number of hydrogen-bond acceptors (Lipinski definition) is 7. The van der Waals surface area contributed by atoms with Crippen molar-refractivity contribution in [3.63, 3.8) is 0 Å². The van der Waals surface area contributed by atoms with Crippen LogP contribution in [0.25, 0.3) is 20.3 Å². The maximum atomic E-state index is 12.2. The third kappa shape index (κ3) is 3.46. The molecular formula is C18H13N3O4S2. The number of thiazole rings is 1. The van der Waals surface area contributed by atoms with Gasteiger partial charge in [-0.3, -0.25) is 14.9 Å². The molecule has 0 fully saturated rings. The summed E-state index contributed by atoms with van der Waals surface area (Å²) in [4.78, 5) is 26.9. The quantitative estimate of drug-likeness (QED) is 0.386. The Balaban J connectivity index is 1.49. The Morgan fingerprint density at radius 3 is 2.81 bits per heavy atom. The number of anilines is 1. The number of non-ortho nitro benzene ring substituents is 1. The highest BCUT2D eigenvalue weighted by atomic mass is 32.1. The molecule has 9 heteroatoms. The van der Waals surface area contributed by atoms with Crippen LogP contribution in [0.2, 0.25) is 0 Å². The van der Waals surface area contributed by atoms with Gasteiger partial charge in [-0.15, -0.1) is 22.7 Å². The number of carbonyl (C=O) groups excluding carboxylic acids is 1. The lowest BCUT2D eigenvalue weighted by molar-refractivity contribution is -0.384. The molecule has 136 valence electrons. The van der Waals surface area contributed by atoms with E-state index in [1.54, 1.807) is 22.7 Å². The molecule has 4 rings (SSSR count). The Morgan fingerprint density at radius 1 is 1.30 bits per heavy atom. The van der Waals surface area contributed by atoms with E-state index in [-0.39, 0.29) is 18.2 Å². The number of amides is 1. The van der Waals surface area contributed by atoms with Crippen LogP contribution in [0, 0.1) is 17.0 Å². The van der Waals surface area contributed by atoms with Crippen LogP contribution in [0.4, 0.5) is 11.4 Å². The topological polar surface area (TPSA) is 94.4 Å². The maximum Gasteiger partial charge on any atom is 0.269 e. The van der Waals surface area contributed by atoms with Gasteiger partial charge < -0.3 is 10.1 Å². The predicted octanol–water partition coefficient (Wildman–Crippen LogP) is 4.75. The van der Waals surface area contributed by atoms with E-state index in [0.717, 1.165) is 25.3 Å². The number of nitrogens with zero attached hydrogens (tertiary/aromatic N) is 2. The summed E-state index contributed by atoms with van der Waals surface area (Å²) in [6.45, 7) is 1.80. The Kier molecular flexibility index (Phi) is 4.46. The number of benzene rings is 2. The molecule has 0 aliphatic rings. The van der Waals surface area contributed by atoms with Crippen molar-refractivity contribution in [1.82, 2.24) is 4.98 Å². The summed E-state index contributed by atoms with van der Waals surface area (Å²) in [7, 11) is 0. The van der Waals surface area contributed by atoms with E-state index in [1.807, 2.05) is 24.4 Å². The van der Waals surface area contributed by atoms with Gasteiger partial charge in [0.15, 0.2) is 6.61 Å². The first-order valence-electron chi connectivity index (χ1n) is 7.96. The molecule has 2 aromatic heterocycles. The highest BCUT2D eigenvalue weighted by molar-refractivity contribution is 7.21. The fraction of sp³-hybridized carbons (Fsp3) is 0.111. The minimum atomic E-state index is -0.488. The van der Waals surface area contributed by atoms with Gasteiger partial charge in [-0.2, -0.15) is 0 Å². The van der Waals surface area contributed by atoms with E-state index in [0.29, 0.717) is 11.4 Å². The molecule has 2 heterocycles. The Bertz CT molecular complexity index is 1160. The number of aryl methyl sites for hydroxylation is 1. The number of nitro benzene ring substituents is 1. The summed E-state index contributed by atoms with van der Waals surface area (Å²) < 4.78 is 7.82. The van der Waals surface area contributed by atoms with Gasteiger partial charge in [0.2, 0.25) is 0 Å². The lowest BCUT2D eigenvalue weighted by Gasteiger charge is -2.09. The molecule has 0 saturated heterocycles. The van der Waals surface area contributed by atoms with Crippen LogP contribution in [0.5, 0.6) is 5.75 Å². The number of rotatable bonds is 5. The average molecular weight is 399 g/mol. The largest absolute Gasteiger partial charge is 0.483 e. The van der Waals surface area contributed by atoms with Gasteiger partial charge in [-0.1, -0.05) is 0 Å². The zero-order chi connectivity index (χ0) is 19.0. The molecular weight excluding hydrogens is 386 g/mol. The van der Waals surface area contributed by atoms with Crippen molar-refractivity contribution in [2.75, 3.05) is 11.9 Å². The van der Waals surface area contributed by atoms with Gasteiger partial charge in [0.25, 0.3) is 11.6 Å². The highest BCUT2D eigenvalue weighted by Gasteiger charge is 2.14. The Hall–Kier alpha value is -3.04. The summed E-state index contributed by atoms with van der Waals surface area (Å²) >= 11 is 3.18. The standard InChI is InChI=1S/C18H13N3O4S2/c1-10-19-17-15(27-10)8-14(13-6-7-26-18(13)17)25-9-16(22)20-11-2-4-12(5-3-11)21(23)24/h2-8H,9H2,1H3,(H,20,22). The second kappa shape index (κ2) is 6.93. The number of nitro groups is 1. The molecule has 0 bridgehead atoms. The molecule has 7 nitrogen and oxygen atoms in total. The van der Waals surface area contributed by atoms with Crippen LogP contribution in [-0.2, 0) is 4.79 Å². The molecule has 0 unspecified atom stereocenters. The summed E-state index contributed by atoms with van der Waals surface area (Å²) in [5, 5.41) is 17.2. The number of fused-ring (bicyclic) bond motifs is 3. The van der Waals surface area contributed by atoms with E-state index in [9.17, 15) is 14.9 Å². The van der Waals surface area contributed by atoms with Crippen molar-refractivity contribution in [2.45, 2.75) is 6.92 Å². The Labute approximate surface area is 161 Å². The van der Waals surface area contributed by atoms with Gasteiger partial charge in [0.1, 0.15) is 5.75 Å². The smallest absolute Gasteiger partial charge is 0.269 e. The first kappa shape index (κ1) is 17.4. The van der Waals surface area contributed by atoms with Gasteiger partial charge in [0, 0.05) is 29.3 Å². The minimum absolute atomic E-state index is 0.0303. The van der Waals surface area contributed by atoms with Crippen molar-refractivity contribution >= 4 is 60.3 Å². The first-order chi connectivity index (χ1) is 13.0. The molecule has 2 aromatic carbocycles. The summed E-state index contributed by atoms with van der Waals surface area (Å²) in [6, 6.07) is 9.52. The number of nitrogens with one attached hydrogen (secondary N) is 1. The zero-order valence-corrected chi connectivity index (χ0v) is 15.7. The van der Waals surface area contributed by atoms with E-state index in [1.165, 1.54) is 24.3 Å². The number of ether oxygens (including phenoxy) is 1. The summed E-state index contributed by atoms with van der Waals surface area (Å²) in [6.07, 6.45) is 0. The van der Waals surface area contributed by atoms with Crippen LogP contribution in [0.3, 0.4) is 0 Å². The minimum Gasteiger partial charge on any atom is -0.483 e. The molecule has 0 radical (unpaired) electrons. The second-order valence-corrected chi connectivity index (χ2v) is 7.91. The van der Waals surface area contributed by atoms with E-state index < -0.39 is 4.92 Å². The molecule has 0 aliphatic carbocycles. The molecule has 0 saturated carbocycles. The number of carbonyl (C=O) groups is 1. The first-order valence-corrected chi connectivity index (χ1v) is 9.65. The SMILES string of the molecule is Cc1nc2c(cc(OCC(=O)Nc3ccc([N+](=O)[O-])cc3)c3ccsc32)s1.